The van der Waals surface area contributed by atoms with E-state index in [0.29, 0.717) is 0 Å². The molecule has 0 fully saturated rings. The second-order valence-corrected chi connectivity index (χ2v) is 31.8. The van der Waals surface area contributed by atoms with Crippen LogP contribution in [0, 0.1) is 0 Å². The molecule has 0 unspecified atom stereocenters. The van der Waals surface area contributed by atoms with E-state index in [-0.39, 0.29) is 21.7 Å². The van der Waals surface area contributed by atoms with Crippen molar-refractivity contribution >= 4 is 42.0 Å². The monoisotopic (exact) mass is 982 g/mol. The maximum atomic E-state index is 6.50. The molecule has 0 spiro atoms. The summed E-state index contributed by atoms with van der Waals surface area (Å²) in [6.07, 6.45) is 7.22. The quantitative estimate of drug-likeness (QED) is 0.105. The van der Waals surface area contributed by atoms with Crippen LogP contribution in [-0.2, 0) is 53.1 Å². The van der Waals surface area contributed by atoms with Gasteiger partial charge in [0.1, 0.15) is 0 Å². The normalized spacial score (nSPS) is 12.2. The summed E-state index contributed by atoms with van der Waals surface area (Å²) in [4.78, 5) is 0. The zero-order chi connectivity index (χ0) is 43.1. The van der Waals surface area contributed by atoms with Crippen molar-refractivity contribution in [3.8, 4) is 0 Å². The third-order valence-electron chi connectivity index (χ3n) is 11.1. The molecule has 0 saturated heterocycles. The predicted molar refractivity (Wildman–Crippen MR) is 259 cm³/mol. The molecule has 0 atom stereocenters. The van der Waals surface area contributed by atoms with Gasteiger partial charge in [-0.3, -0.25) is 0 Å². The molecule has 0 bridgehead atoms. The summed E-state index contributed by atoms with van der Waals surface area (Å²) in [7, 11) is 13.0. The van der Waals surface area contributed by atoms with E-state index >= 15 is 0 Å². The Labute approximate surface area is 368 Å². The third-order valence-corrected chi connectivity index (χ3v) is 17.6. The van der Waals surface area contributed by atoms with Gasteiger partial charge in [0.2, 0.25) is 0 Å². The molecule has 0 aliphatic carbocycles. The van der Waals surface area contributed by atoms with Crippen LogP contribution in [0.1, 0.15) is 167 Å². The maximum absolute atomic E-state index is 6.50. The number of aryl methyl sites for hydroxylation is 2. The van der Waals surface area contributed by atoms with Gasteiger partial charge in [0.05, 0.1) is 0 Å². The first-order valence-electron chi connectivity index (χ1n) is 21.7. The average Bonchev–Trinajstić information content (AvgIpc) is 3.84. The molecular formula is C55H72Cl2Hf-2. The maximum Gasteiger partial charge on any atom is -0.172 e. The van der Waals surface area contributed by atoms with Crippen LogP contribution in [0.5, 0.6) is 0 Å². The summed E-state index contributed by atoms with van der Waals surface area (Å²) in [5, 5.41) is 5.57. The molecule has 0 amide bonds. The Kier molecular flexibility index (Phi) is 16.8. The number of hydrogen-bond acceptors (Lipinski definition) is 0. The smallest absolute Gasteiger partial charge is 0.172 e. The molecule has 0 nitrogen and oxygen atoms in total. The summed E-state index contributed by atoms with van der Waals surface area (Å²) in [6, 6.07) is 40.0. The van der Waals surface area contributed by atoms with Crippen molar-refractivity contribution in [1.82, 2.24) is 0 Å². The van der Waals surface area contributed by atoms with Crippen LogP contribution in [0.2, 0.25) is 0 Å². The van der Waals surface area contributed by atoms with Crippen LogP contribution in [-0.4, -0.2) is 3.26 Å². The minimum atomic E-state index is -2.71. The fourth-order valence-electron chi connectivity index (χ4n) is 7.73. The van der Waals surface area contributed by atoms with Crippen molar-refractivity contribution in [3.05, 3.63) is 154 Å². The van der Waals surface area contributed by atoms with Gasteiger partial charge in [-0.15, -0.1) is 39.7 Å². The van der Waals surface area contributed by atoms with Crippen molar-refractivity contribution in [3.63, 3.8) is 0 Å². The summed E-state index contributed by atoms with van der Waals surface area (Å²) in [5.41, 5.74) is 11.6. The van der Waals surface area contributed by atoms with Gasteiger partial charge in [0.15, 0.2) is 0 Å². The van der Waals surface area contributed by atoms with E-state index in [0.717, 1.165) is 12.8 Å². The molecule has 58 heavy (non-hydrogen) atoms. The van der Waals surface area contributed by atoms with E-state index in [2.05, 4.69) is 176 Å². The predicted octanol–water partition coefficient (Wildman–Crippen LogP) is 17.2. The standard InChI is InChI=1S/C29H41.C21H26.C5H5.2ClH.Hf/c1-26(2,3)22-14-18-13-19-15-23(27(4,5)6)25(29(10,11)12)17-21(19)20(18)16-24(22)28(7,8)9;1-3-5-7-18-9-13-20(14-10-18)17-21-15-11-19(12-16-21)8-6-4-2;1-2-4-5-3-1;;;/h13-17H,1-12H3;9-16H,3-8H2,1-2H3;1-5H;2*1H;/q-1;;-1;;;+2/p-2. The topological polar surface area (TPSA) is 0 Å². The Morgan fingerprint density at radius 2 is 0.828 bits per heavy atom. The Balaban J connectivity index is 0.000000232. The largest absolute Gasteiger partial charge is 0.214 e. The molecule has 0 aliphatic rings. The van der Waals surface area contributed by atoms with Crippen molar-refractivity contribution in [1.29, 1.82) is 0 Å². The molecule has 6 aromatic rings. The fourth-order valence-corrected chi connectivity index (χ4v) is 14.1. The van der Waals surface area contributed by atoms with Crippen molar-refractivity contribution < 1.29 is 18.6 Å². The first-order chi connectivity index (χ1) is 27.1. The van der Waals surface area contributed by atoms with Crippen molar-refractivity contribution in [2.24, 2.45) is 0 Å². The molecule has 0 heterocycles. The summed E-state index contributed by atoms with van der Waals surface area (Å²) >= 11 is -2.71. The molecule has 0 N–H and O–H groups in total. The molecule has 312 valence electrons. The zero-order valence-electron chi connectivity index (χ0n) is 38.4. The first kappa shape index (κ1) is 48.1. The molecule has 0 radical (unpaired) electrons. The van der Waals surface area contributed by atoms with E-state index in [1.54, 1.807) is 0 Å². The van der Waals surface area contributed by atoms with Gasteiger partial charge in [-0.1, -0.05) is 117 Å². The minimum Gasteiger partial charge on any atom is -0.214 e. The van der Waals surface area contributed by atoms with Crippen LogP contribution in [0.4, 0.5) is 0 Å². The zero-order valence-corrected chi connectivity index (χ0v) is 43.5. The molecule has 6 rings (SSSR count). The number of hydrogen-bond donors (Lipinski definition) is 0. The number of rotatable bonds is 8. The van der Waals surface area contributed by atoms with Crippen LogP contribution >= 0.6 is 17.2 Å². The minimum absolute atomic E-state index is 0.124. The summed E-state index contributed by atoms with van der Waals surface area (Å²) in [6.45, 7) is 32.5. The molecule has 6 aromatic carbocycles. The van der Waals surface area contributed by atoms with Gasteiger partial charge in [-0.05, 0) is 21.7 Å². The Morgan fingerprint density at radius 1 is 0.500 bits per heavy atom. The summed E-state index contributed by atoms with van der Waals surface area (Å²) < 4.78 is 1.20. The number of unbranched alkanes of at least 4 members (excludes halogenated alkanes) is 2. The third kappa shape index (κ3) is 13.0. The van der Waals surface area contributed by atoms with Gasteiger partial charge < -0.3 is 0 Å². The Bertz CT molecular complexity index is 2050. The van der Waals surface area contributed by atoms with Crippen LogP contribution in [0.3, 0.4) is 0 Å². The molecule has 3 heteroatoms. The Hall–Kier alpha value is -2.58. The number of fused-ring (bicyclic) bond motifs is 3. The van der Waals surface area contributed by atoms with Crippen molar-refractivity contribution in [2.75, 3.05) is 0 Å². The van der Waals surface area contributed by atoms with Gasteiger partial charge in [-0.2, -0.15) is 18.2 Å². The SMILES string of the molecule is CC(C)(C)c1cc2[cH-]c3cc(C(C)(C)C)c(C(C)(C)C)cc3c2cc1C(C)(C)C.CCCCc1ccc([C](c2ccc(CCCC)cc2)=[Hf]([Cl])[Cl])cc1.c1cc[cH-]c1. The van der Waals surface area contributed by atoms with Gasteiger partial charge in [-0.25, -0.2) is 12.1 Å². The first-order valence-corrected chi connectivity index (χ1v) is 32.4. The average molecular weight is 983 g/mol. The van der Waals surface area contributed by atoms with E-state index in [1.165, 1.54) is 95.0 Å². The Morgan fingerprint density at radius 3 is 1.09 bits per heavy atom. The molecule has 0 aliphatic heterocycles. The number of benzene rings is 4. The van der Waals surface area contributed by atoms with Gasteiger partial charge in [0.25, 0.3) is 0 Å². The van der Waals surface area contributed by atoms with Crippen molar-refractivity contribution in [2.45, 2.75) is 157 Å². The molecule has 0 aromatic heterocycles. The van der Waals surface area contributed by atoms with E-state index < -0.39 is 18.6 Å². The molecule has 0 saturated carbocycles. The summed E-state index contributed by atoms with van der Waals surface area (Å²) in [5.74, 6) is 0. The van der Waals surface area contributed by atoms with Crippen LogP contribution in [0.15, 0.2) is 109 Å². The molecular weight excluding hydrogens is 910 g/mol. The second kappa shape index (κ2) is 20.3. The van der Waals surface area contributed by atoms with E-state index in [4.69, 9.17) is 17.2 Å². The van der Waals surface area contributed by atoms with Crippen LogP contribution in [0.25, 0.3) is 21.5 Å². The van der Waals surface area contributed by atoms with Gasteiger partial charge in [0, 0.05) is 0 Å². The second-order valence-electron chi connectivity index (χ2n) is 20.3. The van der Waals surface area contributed by atoms with Crippen LogP contribution < -0.4 is 0 Å². The van der Waals surface area contributed by atoms with E-state index in [9.17, 15) is 0 Å². The van der Waals surface area contributed by atoms with Gasteiger partial charge >= 0.3 is 162 Å². The number of halogens is 2. The van der Waals surface area contributed by atoms with E-state index in [1.807, 2.05) is 30.3 Å². The fraction of sp³-hybridized carbons (Fsp3) is 0.436.